The first-order valence-corrected chi connectivity index (χ1v) is 5.11. The Bertz CT molecular complexity index is 187. The Labute approximate surface area is 82.0 Å². The minimum atomic E-state index is 0.0793. The van der Waals surface area contributed by atoms with Crippen LogP contribution in [0.4, 0.5) is 0 Å². The van der Waals surface area contributed by atoms with Crippen molar-refractivity contribution >= 4 is 0 Å². The summed E-state index contributed by atoms with van der Waals surface area (Å²) < 4.78 is 5.55. The highest BCUT2D eigenvalue weighted by Crippen LogP contribution is 2.34. The third-order valence-corrected chi connectivity index (χ3v) is 2.97. The van der Waals surface area contributed by atoms with E-state index in [9.17, 15) is 0 Å². The predicted octanol–water partition coefficient (Wildman–Crippen LogP) is 2.19. The van der Waals surface area contributed by atoms with E-state index >= 15 is 0 Å². The van der Waals surface area contributed by atoms with Crippen molar-refractivity contribution in [2.24, 2.45) is 5.92 Å². The quantitative estimate of drug-likeness (QED) is 0.676. The van der Waals surface area contributed by atoms with Gasteiger partial charge in [0, 0.05) is 18.2 Å². The van der Waals surface area contributed by atoms with E-state index < -0.39 is 0 Å². The van der Waals surface area contributed by atoms with Crippen molar-refractivity contribution < 1.29 is 4.74 Å². The largest absolute Gasteiger partial charge is 0.379 e. The number of hydrogen-bond acceptors (Lipinski definition) is 2. The van der Waals surface area contributed by atoms with Crippen LogP contribution in [0.25, 0.3) is 0 Å². The van der Waals surface area contributed by atoms with Crippen molar-refractivity contribution in [1.29, 1.82) is 0 Å². The van der Waals surface area contributed by atoms with Gasteiger partial charge in [0.25, 0.3) is 0 Å². The fraction of sp³-hybridized carbons (Fsp3) is 1.00. The molecule has 1 rings (SSSR count). The van der Waals surface area contributed by atoms with Gasteiger partial charge in [-0.2, -0.15) is 0 Å². The fourth-order valence-electron chi connectivity index (χ4n) is 3.14. The number of ether oxygens (including phenoxy) is 1. The van der Waals surface area contributed by atoms with Gasteiger partial charge in [0.15, 0.2) is 0 Å². The van der Waals surface area contributed by atoms with Crippen LogP contribution in [0.1, 0.15) is 41.0 Å². The molecule has 0 amide bonds. The standard InChI is InChI=1S/C11H23NO/c1-8-7-10(2,3)12-11(4,5)9(8)13-6/h8-9,12H,7H2,1-6H3/t8-,9-/m0/s1. The molecule has 0 unspecified atom stereocenters. The van der Waals surface area contributed by atoms with E-state index in [1.54, 1.807) is 0 Å². The summed E-state index contributed by atoms with van der Waals surface area (Å²) in [6, 6.07) is 0. The molecule has 2 nitrogen and oxygen atoms in total. The van der Waals surface area contributed by atoms with Gasteiger partial charge in [0.05, 0.1) is 6.10 Å². The van der Waals surface area contributed by atoms with Gasteiger partial charge in [-0.25, -0.2) is 0 Å². The van der Waals surface area contributed by atoms with Crippen molar-refractivity contribution in [3.8, 4) is 0 Å². The first kappa shape index (κ1) is 11.0. The molecular weight excluding hydrogens is 162 g/mol. The average molecular weight is 185 g/mol. The lowest BCUT2D eigenvalue weighted by Gasteiger charge is -2.50. The van der Waals surface area contributed by atoms with E-state index in [-0.39, 0.29) is 11.1 Å². The van der Waals surface area contributed by atoms with E-state index in [4.69, 9.17) is 4.74 Å². The summed E-state index contributed by atoms with van der Waals surface area (Å²) in [4.78, 5) is 0. The molecule has 0 spiro atoms. The van der Waals surface area contributed by atoms with Crippen LogP contribution >= 0.6 is 0 Å². The van der Waals surface area contributed by atoms with Gasteiger partial charge in [-0.1, -0.05) is 6.92 Å². The zero-order chi connectivity index (χ0) is 10.3. The molecule has 1 aliphatic heterocycles. The minimum Gasteiger partial charge on any atom is -0.379 e. The van der Waals surface area contributed by atoms with Gasteiger partial charge in [0.1, 0.15) is 0 Å². The number of nitrogens with one attached hydrogen (secondary N) is 1. The highest BCUT2D eigenvalue weighted by Gasteiger charge is 2.43. The smallest absolute Gasteiger partial charge is 0.0773 e. The molecule has 1 aliphatic rings. The molecule has 1 N–H and O–H groups in total. The van der Waals surface area contributed by atoms with Crippen LogP contribution in [-0.2, 0) is 4.74 Å². The van der Waals surface area contributed by atoms with Crippen molar-refractivity contribution in [3.63, 3.8) is 0 Å². The molecular formula is C11H23NO. The highest BCUT2D eigenvalue weighted by molar-refractivity contribution is 5.02. The second-order valence-corrected chi connectivity index (χ2v) is 5.57. The molecule has 1 saturated heterocycles. The molecule has 0 aliphatic carbocycles. The van der Waals surface area contributed by atoms with Gasteiger partial charge >= 0.3 is 0 Å². The first-order chi connectivity index (χ1) is 5.78. The van der Waals surface area contributed by atoms with Gasteiger partial charge in [0.2, 0.25) is 0 Å². The Morgan fingerprint density at radius 2 is 1.77 bits per heavy atom. The molecule has 0 aromatic rings. The van der Waals surface area contributed by atoms with E-state index in [2.05, 4.69) is 39.9 Å². The topological polar surface area (TPSA) is 21.3 Å². The molecule has 13 heavy (non-hydrogen) atoms. The summed E-state index contributed by atoms with van der Waals surface area (Å²) in [5, 5.41) is 3.64. The Morgan fingerprint density at radius 1 is 1.23 bits per heavy atom. The highest BCUT2D eigenvalue weighted by atomic mass is 16.5. The number of rotatable bonds is 1. The third-order valence-electron chi connectivity index (χ3n) is 2.97. The van der Waals surface area contributed by atoms with Crippen molar-refractivity contribution in [2.75, 3.05) is 7.11 Å². The lowest BCUT2D eigenvalue weighted by Crippen LogP contribution is -2.65. The summed E-state index contributed by atoms with van der Waals surface area (Å²) in [6.07, 6.45) is 1.50. The lowest BCUT2D eigenvalue weighted by molar-refractivity contribution is -0.0542. The first-order valence-electron chi connectivity index (χ1n) is 5.11. The Morgan fingerprint density at radius 3 is 2.15 bits per heavy atom. The molecule has 0 aromatic carbocycles. The second kappa shape index (κ2) is 3.25. The summed E-state index contributed by atoms with van der Waals surface area (Å²) in [7, 11) is 1.81. The van der Waals surface area contributed by atoms with Crippen molar-refractivity contribution in [3.05, 3.63) is 0 Å². The maximum absolute atomic E-state index is 5.55. The minimum absolute atomic E-state index is 0.0793. The van der Waals surface area contributed by atoms with Crippen LogP contribution < -0.4 is 5.32 Å². The Kier molecular flexibility index (Phi) is 2.75. The lowest BCUT2D eigenvalue weighted by atomic mass is 9.74. The SMILES string of the molecule is CO[C@H]1[C@@H](C)CC(C)(C)NC1(C)C. The van der Waals surface area contributed by atoms with E-state index in [1.165, 1.54) is 6.42 Å². The monoisotopic (exact) mass is 185 g/mol. The molecule has 1 heterocycles. The van der Waals surface area contributed by atoms with Crippen LogP contribution in [0.15, 0.2) is 0 Å². The van der Waals surface area contributed by atoms with Crippen molar-refractivity contribution in [1.82, 2.24) is 5.32 Å². The van der Waals surface area contributed by atoms with Crippen LogP contribution in [0.2, 0.25) is 0 Å². The van der Waals surface area contributed by atoms with Gasteiger partial charge < -0.3 is 10.1 Å². The van der Waals surface area contributed by atoms with Crippen LogP contribution in [0, 0.1) is 5.92 Å². The van der Waals surface area contributed by atoms with E-state index in [0.29, 0.717) is 12.0 Å². The molecule has 0 radical (unpaired) electrons. The van der Waals surface area contributed by atoms with Crippen molar-refractivity contribution in [2.45, 2.75) is 58.2 Å². The zero-order valence-electron chi connectivity index (χ0n) is 9.77. The Hall–Kier alpha value is -0.0800. The maximum Gasteiger partial charge on any atom is 0.0773 e. The number of hydrogen-bond donors (Lipinski definition) is 1. The fourth-order valence-corrected chi connectivity index (χ4v) is 3.14. The van der Waals surface area contributed by atoms with E-state index in [0.717, 1.165) is 0 Å². The van der Waals surface area contributed by atoms with Crippen LogP contribution in [-0.4, -0.2) is 24.3 Å². The second-order valence-electron chi connectivity index (χ2n) is 5.57. The zero-order valence-corrected chi connectivity index (χ0v) is 9.77. The molecule has 78 valence electrons. The maximum atomic E-state index is 5.55. The molecule has 0 aromatic heterocycles. The summed E-state index contributed by atoms with van der Waals surface area (Å²) in [5.41, 5.74) is 0.313. The summed E-state index contributed by atoms with van der Waals surface area (Å²) >= 11 is 0. The third kappa shape index (κ3) is 2.23. The molecule has 0 saturated carbocycles. The van der Waals surface area contributed by atoms with Gasteiger partial charge in [-0.3, -0.25) is 0 Å². The molecule has 2 atom stereocenters. The van der Waals surface area contributed by atoms with Gasteiger partial charge in [-0.05, 0) is 40.0 Å². The van der Waals surface area contributed by atoms with Crippen LogP contribution in [0.5, 0.6) is 0 Å². The van der Waals surface area contributed by atoms with Gasteiger partial charge in [-0.15, -0.1) is 0 Å². The number of piperidine rings is 1. The number of methoxy groups -OCH3 is 1. The summed E-state index contributed by atoms with van der Waals surface area (Å²) in [5.74, 6) is 0.622. The van der Waals surface area contributed by atoms with Crippen LogP contribution in [0.3, 0.4) is 0 Å². The predicted molar refractivity (Wildman–Crippen MR) is 55.9 cm³/mol. The normalized spacial score (nSPS) is 37.4. The Balaban J connectivity index is 2.82. The molecule has 2 heteroatoms. The molecule has 0 bridgehead atoms. The average Bonchev–Trinajstić information content (AvgIpc) is 1.79. The van der Waals surface area contributed by atoms with E-state index in [1.807, 2.05) is 7.11 Å². The summed E-state index contributed by atoms with van der Waals surface area (Å²) in [6.45, 7) is 11.2. The molecule has 1 fully saturated rings.